The summed E-state index contributed by atoms with van der Waals surface area (Å²) in [5.74, 6) is 2.07. The molecule has 1 aliphatic heterocycles. The molecule has 0 saturated heterocycles. The van der Waals surface area contributed by atoms with E-state index >= 15 is 0 Å². The van der Waals surface area contributed by atoms with Gasteiger partial charge in [-0.3, -0.25) is 0 Å². The van der Waals surface area contributed by atoms with Crippen molar-refractivity contribution in [1.82, 2.24) is 0 Å². The second kappa shape index (κ2) is 5.71. The standard InChI is InChI=1S/C15H22BrNO2/c1-10(4-5-17)11-6-13-14(7-12(11)16)19-9-15(2,3)8-18-13/h6-7,10H,4-5,8-9,17H2,1-3H3. The van der Waals surface area contributed by atoms with Crippen molar-refractivity contribution >= 4 is 15.9 Å². The lowest BCUT2D eigenvalue weighted by atomic mass is 9.97. The minimum Gasteiger partial charge on any atom is -0.489 e. The lowest BCUT2D eigenvalue weighted by Gasteiger charge is -2.19. The third-order valence-electron chi connectivity index (χ3n) is 3.43. The third kappa shape index (κ3) is 3.42. The summed E-state index contributed by atoms with van der Waals surface area (Å²) >= 11 is 3.62. The Hall–Kier alpha value is -0.740. The van der Waals surface area contributed by atoms with Crippen LogP contribution >= 0.6 is 15.9 Å². The highest BCUT2D eigenvalue weighted by molar-refractivity contribution is 9.10. The first kappa shape index (κ1) is 14.7. The molecule has 3 nitrogen and oxygen atoms in total. The molecule has 0 bridgehead atoms. The van der Waals surface area contributed by atoms with Crippen molar-refractivity contribution in [2.75, 3.05) is 19.8 Å². The molecule has 2 N–H and O–H groups in total. The summed E-state index contributed by atoms with van der Waals surface area (Å²) in [5, 5.41) is 0. The molecule has 1 unspecified atom stereocenters. The van der Waals surface area contributed by atoms with Gasteiger partial charge in [0.15, 0.2) is 11.5 Å². The van der Waals surface area contributed by atoms with Crippen LogP contribution in [0.25, 0.3) is 0 Å². The van der Waals surface area contributed by atoms with E-state index in [-0.39, 0.29) is 5.41 Å². The summed E-state index contributed by atoms with van der Waals surface area (Å²) in [6.07, 6.45) is 0.962. The van der Waals surface area contributed by atoms with Crippen molar-refractivity contribution in [3.8, 4) is 11.5 Å². The van der Waals surface area contributed by atoms with Crippen LogP contribution in [0.15, 0.2) is 16.6 Å². The van der Waals surface area contributed by atoms with Gasteiger partial charge in [0.2, 0.25) is 0 Å². The Labute approximate surface area is 123 Å². The van der Waals surface area contributed by atoms with Gasteiger partial charge in [-0.15, -0.1) is 0 Å². The first-order valence-electron chi connectivity index (χ1n) is 6.72. The van der Waals surface area contributed by atoms with Crippen LogP contribution in [0.5, 0.6) is 11.5 Å². The van der Waals surface area contributed by atoms with Gasteiger partial charge in [0.1, 0.15) is 0 Å². The van der Waals surface area contributed by atoms with Crippen LogP contribution in [0.1, 0.15) is 38.7 Å². The molecular weight excluding hydrogens is 306 g/mol. The molecule has 1 heterocycles. The molecule has 1 aliphatic rings. The Kier molecular flexibility index (Phi) is 4.41. The van der Waals surface area contributed by atoms with Gasteiger partial charge in [-0.1, -0.05) is 36.7 Å². The molecule has 4 heteroatoms. The maximum Gasteiger partial charge on any atom is 0.162 e. The van der Waals surface area contributed by atoms with Crippen molar-refractivity contribution in [3.63, 3.8) is 0 Å². The lowest BCUT2D eigenvalue weighted by molar-refractivity contribution is 0.140. The van der Waals surface area contributed by atoms with Gasteiger partial charge in [0.25, 0.3) is 0 Å². The van der Waals surface area contributed by atoms with Crippen LogP contribution in [-0.2, 0) is 0 Å². The Morgan fingerprint density at radius 1 is 1.26 bits per heavy atom. The molecule has 0 fully saturated rings. The molecule has 1 atom stereocenters. The molecule has 0 aliphatic carbocycles. The fourth-order valence-electron chi connectivity index (χ4n) is 2.15. The molecule has 19 heavy (non-hydrogen) atoms. The fourth-order valence-corrected chi connectivity index (χ4v) is 2.86. The van der Waals surface area contributed by atoms with E-state index in [1.54, 1.807) is 0 Å². The number of nitrogens with two attached hydrogens (primary N) is 1. The third-order valence-corrected chi connectivity index (χ3v) is 4.12. The summed E-state index contributed by atoms with van der Waals surface area (Å²) < 4.78 is 12.8. The van der Waals surface area contributed by atoms with E-state index in [1.807, 2.05) is 6.07 Å². The largest absolute Gasteiger partial charge is 0.489 e. The monoisotopic (exact) mass is 327 g/mol. The zero-order valence-corrected chi connectivity index (χ0v) is 13.4. The summed E-state index contributed by atoms with van der Waals surface area (Å²) in [5.41, 5.74) is 6.91. The second-order valence-corrected chi connectivity index (χ2v) is 6.89. The number of ether oxygens (including phenoxy) is 2. The highest BCUT2D eigenvalue weighted by Gasteiger charge is 2.26. The Balaban J connectivity index is 2.31. The van der Waals surface area contributed by atoms with Crippen molar-refractivity contribution in [2.24, 2.45) is 11.1 Å². The van der Waals surface area contributed by atoms with Gasteiger partial charge in [0.05, 0.1) is 13.2 Å². The number of halogens is 1. The topological polar surface area (TPSA) is 44.5 Å². The van der Waals surface area contributed by atoms with E-state index in [2.05, 4.69) is 42.8 Å². The molecule has 2 rings (SSSR count). The Morgan fingerprint density at radius 2 is 1.84 bits per heavy atom. The van der Waals surface area contributed by atoms with Crippen LogP contribution in [0.2, 0.25) is 0 Å². The van der Waals surface area contributed by atoms with Crippen LogP contribution in [-0.4, -0.2) is 19.8 Å². The molecule has 106 valence electrons. The fraction of sp³-hybridized carbons (Fsp3) is 0.600. The van der Waals surface area contributed by atoms with Gasteiger partial charge in [0, 0.05) is 9.89 Å². The molecule has 1 aromatic carbocycles. The molecule has 0 amide bonds. The predicted octanol–water partition coefficient (Wildman–Crippen LogP) is 3.70. The molecule has 0 aromatic heterocycles. The summed E-state index contributed by atoms with van der Waals surface area (Å²) in [6, 6.07) is 4.10. The molecular formula is C15H22BrNO2. The predicted molar refractivity (Wildman–Crippen MR) is 81.0 cm³/mol. The van der Waals surface area contributed by atoms with Gasteiger partial charge in [-0.25, -0.2) is 0 Å². The number of hydrogen-bond acceptors (Lipinski definition) is 3. The number of fused-ring (bicyclic) bond motifs is 1. The summed E-state index contributed by atoms with van der Waals surface area (Å²) in [6.45, 7) is 8.50. The van der Waals surface area contributed by atoms with Crippen molar-refractivity contribution in [1.29, 1.82) is 0 Å². The van der Waals surface area contributed by atoms with Gasteiger partial charge in [-0.05, 0) is 36.6 Å². The maximum atomic E-state index is 5.91. The highest BCUT2D eigenvalue weighted by Crippen LogP contribution is 2.40. The van der Waals surface area contributed by atoms with E-state index in [4.69, 9.17) is 15.2 Å². The van der Waals surface area contributed by atoms with Gasteiger partial charge in [-0.2, -0.15) is 0 Å². The average Bonchev–Trinajstić information content (AvgIpc) is 2.48. The maximum absolute atomic E-state index is 5.91. The van der Waals surface area contributed by atoms with Gasteiger partial charge >= 0.3 is 0 Å². The highest BCUT2D eigenvalue weighted by atomic mass is 79.9. The second-order valence-electron chi connectivity index (χ2n) is 6.04. The first-order valence-corrected chi connectivity index (χ1v) is 7.51. The van der Waals surface area contributed by atoms with Crippen molar-refractivity contribution in [3.05, 3.63) is 22.2 Å². The van der Waals surface area contributed by atoms with Crippen LogP contribution in [0.3, 0.4) is 0 Å². The quantitative estimate of drug-likeness (QED) is 0.920. The number of rotatable bonds is 3. The average molecular weight is 328 g/mol. The SMILES string of the molecule is CC(CCN)c1cc2c(cc1Br)OCC(C)(C)CO2. The van der Waals surface area contributed by atoms with Gasteiger partial charge < -0.3 is 15.2 Å². The lowest BCUT2D eigenvalue weighted by Crippen LogP contribution is -2.26. The smallest absolute Gasteiger partial charge is 0.162 e. The van der Waals surface area contributed by atoms with E-state index in [9.17, 15) is 0 Å². The van der Waals surface area contributed by atoms with E-state index in [0.29, 0.717) is 25.7 Å². The molecule has 0 saturated carbocycles. The normalized spacial score (nSPS) is 18.8. The minimum absolute atomic E-state index is 0.0362. The molecule has 1 aromatic rings. The van der Waals surface area contributed by atoms with Crippen LogP contribution in [0, 0.1) is 5.41 Å². The summed E-state index contributed by atoms with van der Waals surface area (Å²) in [4.78, 5) is 0. The van der Waals surface area contributed by atoms with Crippen molar-refractivity contribution in [2.45, 2.75) is 33.1 Å². The Bertz CT molecular complexity index is 460. The van der Waals surface area contributed by atoms with Crippen molar-refractivity contribution < 1.29 is 9.47 Å². The van der Waals surface area contributed by atoms with E-state index < -0.39 is 0 Å². The minimum atomic E-state index is 0.0362. The van der Waals surface area contributed by atoms with E-state index in [0.717, 1.165) is 22.4 Å². The number of hydrogen-bond donors (Lipinski definition) is 1. The zero-order chi connectivity index (χ0) is 14.0. The van der Waals surface area contributed by atoms with Crippen LogP contribution < -0.4 is 15.2 Å². The number of benzene rings is 1. The first-order chi connectivity index (χ1) is 8.93. The molecule has 0 radical (unpaired) electrons. The van der Waals surface area contributed by atoms with Crippen LogP contribution in [0.4, 0.5) is 0 Å². The van der Waals surface area contributed by atoms with E-state index in [1.165, 1.54) is 5.56 Å². The summed E-state index contributed by atoms with van der Waals surface area (Å²) in [7, 11) is 0. The zero-order valence-electron chi connectivity index (χ0n) is 11.8. The Morgan fingerprint density at radius 3 is 2.42 bits per heavy atom. The molecule has 0 spiro atoms.